The van der Waals surface area contributed by atoms with E-state index in [1.54, 1.807) is 6.08 Å². The lowest BCUT2D eigenvalue weighted by Crippen LogP contribution is -1.58. The molecule has 0 bridgehead atoms. The van der Waals surface area contributed by atoms with Crippen LogP contribution in [-0.4, -0.2) is 0 Å². The molecular formula is C6H6Br2. The minimum atomic E-state index is 0.837. The second-order valence-electron chi connectivity index (χ2n) is 1.18. The first-order chi connectivity index (χ1) is 3.66. The number of hydrogen-bond acceptors (Lipinski definition) is 0. The molecule has 0 heterocycles. The molecular weight excluding hydrogens is 232 g/mol. The van der Waals surface area contributed by atoms with Gasteiger partial charge in [-0.1, -0.05) is 51.1 Å². The Morgan fingerprint density at radius 3 is 2.00 bits per heavy atom. The van der Waals surface area contributed by atoms with Crippen molar-refractivity contribution in [2.75, 3.05) is 0 Å². The molecule has 0 aliphatic rings. The Hall–Kier alpha value is 0.180. The van der Waals surface area contributed by atoms with Crippen LogP contribution in [0.1, 0.15) is 0 Å². The minimum absolute atomic E-state index is 0.837. The lowest BCUT2D eigenvalue weighted by Gasteiger charge is -1.83. The molecule has 0 aromatic carbocycles. The molecule has 0 atom stereocenters. The molecule has 44 valence electrons. The molecule has 0 rings (SSSR count). The Kier molecular flexibility index (Phi) is 4.19. The van der Waals surface area contributed by atoms with Gasteiger partial charge in [0.2, 0.25) is 0 Å². The van der Waals surface area contributed by atoms with E-state index in [-0.39, 0.29) is 0 Å². The number of hydrogen-bond donors (Lipinski definition) is 0. The van der Waals surface area contributed by atoms with Gasteiger partial charge in [-0.05, 0) is 6.08 Å². The summed E-state index contributed by atoms with van der Waals surface area (Å²) in [5, 5.41) is 0. The summed E-state index contributed by atoms with van der Waals surface area (Å²) < 4.78 is 1.77. The fraction of sp³-hybridized carbons (Fsp3) is 0. The van der Waals surface area contributed by atoms with E-state index in [0.717, 1.165) is 8.96 Å². The van der Waals surface area contributed by atoms with Crippen LogP contribution in [0.4, 0.5) is 0 Å². The van der Waals surface area contributed by atoms with Crippen molar-refractivity contribution in [1.29, 1.82) is 0 Å². The van der Waals surface area contributed by atoms with Crippen LogP contribution in [0.5, 0.6) is 0 Å². The summed E-state index contributed by atoms with van der Waals surface area (Å²) in [6, 6.07) is 0. The first kappa shape index (κ1) is 8.18. The summed E-state index contributed by atoms with van der Waals surface area (Å²) in [6.07, 6.45) is 3.53. The van der Waals surface area contributed by atoms with Crippen LogP contribution >= 0.6 is 31.9 Å². The van der Waals surface area contributed by atoms with E-state index in [1.165, 1.54) is 0 Å². The second kappa shape index (κ2) is 4.10. The lowest BCUT2D eigenvalue weighted by atomic mass is 10.5. The molecule has 0 N–H and O–H groups in total. The van der Waals surface area contributed by atoms with Crippen LogP contribution in [0.2, 0.25) is 0 Å². The van der Waals surface area contributed by atoms with Crippen molar-refractivity contribution in [3.8, 4) is 0 Å². The van der Waals surface area contributed by atoms with Crippen molar-refractivity contribution < 1.29 is 0 Å². The summed E-state index contributed by atoms with van der Waals surface area (Å²) in [5.74, 6) is 0. The van der Waals surface area contributed by atoms with E-state index < -0.39 is 0 Å². The van der Waals surface area contributed by atoms with E-state index in [1.807, 2.05) is 6.08 Å². The molecule has 8 heavy (non-hydrogen) atoms. The molecule has 0 spiro atoms. The van der Waals surface area contributed by atoms with Gasteiger partial charge >= 0.3 is 0 Å². The molecule has 0 saturated heterocycles. The third-order valence-electron chi connectivity index (χ3n) is 0.490. The summed E-state index contributed by atoms with van der Waals surface area (Å²) in [4.78, 5) is 0. The van der Waals surface area contributed by atoms with E-state index in [0.29, 0.717) is 0 Å². The predicted molar refractivity (Wildman–Crippen MR) is 45.3 cm³/mol. The van der Waals surface area contributed by atoms with Crippen LogP contribution in [-0.2, 0) is 0 Å². The standard InChI is InChI=1S/C6H6Br2/c1-3-6(8)4-5(2)7/h3-4H,1-2H2/b6-4+. The average Bonchev–Trinajstić information content (AvgIpc) is 1.65. The maximum Gasteiger partial charge on any atom is 0.0180 e. The second-order valence-corrected chi connectivity index (χ2v) is 3.11. The molecule has 0 aliphatic heterocycles. The summed E-state index contributed by atoms with van der Waals surface area (Å²) in [7, 11) is 0. The lowest BCUT2D eigenvalue weighted by molar-refractivity contribution is 1.91. The third kappa shape index (κ3) is 4.34. The van der Waals surface area contributed by atoms with Crippen molar-refractivity contribution in [2.45, 2.75) is 0 Å². The van der Waals surface area contributed by atoms with Crippen molar-refractivity contribution in [3.05, 3.63) is 34.3 Å². The van der Waals surface area contributed by atoms with Gasteiger partial charge in [0, 0.05) is 8.96 Å². The van der Waals surface area contributed by atoms with Gasteiger partial charge in [0.1, 0.15) is 0 Å². The van der Waals surface area contributed by atoms with E-state index in [9.17, 15) is 0 Å². The molecule has 0 aromatic heterocycles. The van der Waals surface area contributed by atoms with Crippen LogP contribution in [0, 0.1) is 0 Å². The molecule has 0 fully saturated rings. The summed E-state index contributed by atoms with van der Waals surface area (Å²) in [6.45, 7) is 7.14. The zero-order valence-corrected chi connectivity index (χ0v) is 7.50. The molecule has 0 amide bonds. The van der Waals surface area contributed by atoms with Crippen LogP contribution in [0.3, 0.4) is 0 Å². The third-order valence-corrected chi connectivity index (χ3v) is 1.27. The fourth-order valence-corrected chi connectivity index (χ4v) is 1.04. The molecule has 0 unspecified atom stereocenters. The van der Waals surface area contributed by atoms with Crippen LogP contribution in [0.25, 0.3) is 0 Å². The zero-order chi connectivity index (χ0) is 6.57. The van der Waals surface area contributed by atoms with Crippen molar-refractivity contribution in [1.82, 2.24) is 0 Å². The number of allylic oxidation sites excluding steroid dienone is 4. The van der Waals surface area contributed by atoms with Gasteiger partial charge in [-0.15, -0.1) is 0 Å². The van der Waals surface area contributed by atoms with E-state index >= 15 is 0 Å². The Bertz CT molecular complexity index is 133. The zero-order valence-electron chi connectivity index (χ0n) is 4.32. The van der Waals surface area contributed by atoms with E-state index in [4.69, 9.17) is 0 Å². The highest BCUT2D eigenvalue weighted by atomic mass is 79.9. The van der Waals surface area contributed by atoms with Crippen molar-refractivity contribution in [3.63, 3.8) is 0 Å². The highest BCUT2D eigenvalue weighted by molar-refractivity contribution is 9.12. The first-order valence-electron chi connectivity index (χ1n) is 2.01. The SMILES string of the molecule is C=C/C(Br)=C\C(=C)Br. The van der Waals surface area contributed by atoms with Crippen molar-refractivity contribution >= 4 is 31.9 Å². The molecule has 0 radical (unpaired) electrons. The van der Waals surface area contributed by atoms with Gasteiger partial charge in [0.15, 0.2) is 0 Å². The minimum Gasteiger partial charge on any atom is -0.0979 e. The maximum atomic E-state index is 3.61. The smallest absolute Gasteiger partial charge is 0.0180 e. The fourth-order valence-electron chi connectivity index (χ4n) is 0.209. The Labute approximate surface area is 66.2 Å². The quantitative estimate of drug-likeness (QED) is 0.647. The van der Waals surface area contributed by atoms with Crippen LogP contribution in [0.15, 0.2) is 34.3 Å². The first-order valence-corrected chi connectivity index (χ1v) is 3.59. The maximum absolute atomic E-state index is 3.61. The van der Waals surface area contributed by atoms with Crippen LogP contribution < -0.4 is 0 Å². The summed E-state index contributed by atoms with van der Waals surface area (Å²) in [5.41, 5.74) is 0. The van der Waals surface area contributed by atoms with Gasteiger partial charge in [0.05, 0.1) is 0 Å². The molecule has 0 aliphatic carbocycles. The van der Waals surface area contributed by atoms with Gasteiger partial charge < -0.3 is 0 Å². The highest BCUT2D eigenvalue weighted by Crippen LogP contribution is 2.12. The summed E-state index contributed by atoms with van der Waals surface area (Å²) >= 11 is 6.40. The molecule has 0 saturated carbocycles. The predicted octanol–water partition coefficient (Wildman–Crippen LogP) is 3.36. The monoisotopic (exact) mass is 236 g/mol. The largest absolute Gasteiger partial charge is 0.0979 e. The molecule has 0 nitrogen and oxygen atoms in total. The molecule has 2 heteroatoms. The Balaban J connectivity index is 3.94. The number of halogens is 2. The van der Waals surface area contributed by atoms with Crippen molar-refractivity contribution in [2.24, 2.45) is 0 Å². The Morgan fingerprint density at radius 2 is 1.88 bits per heavy atom. The normalized spacial score (nSPS) is 11.0. The topological polar surface area (TPSA) is 0 Å². The van der Waals surface area contributed by atoms with Gasteiger partial charge in [0.25, 0.3) is 0 Å². The van der Waals surface area contributed by atoms with E-state index in [2.05, 4.69) is 45.0 Å². The van der Waals surface area contributed by atoms with Gasteiger partial charge in [-0.3, -0.25) is 0 Å². The highest BCUT2D eigenvalue weighted by Gasteiger charge is 1.80. The molecule has 0 aromatic rings. The Morgan fingerprint density at radius 1 is 1.38 bits per heavy atom. The average molecular weight is 238 g/mol. The number of rotatable bonds is 2. The van der Waals surface area contributed by atoms with Gasteiger partial charge in [-0.2, -0.15) is 0 Å². The van der Waals surface area contributed by atoms with Gasteiger partial charge in [-0.25, -0.2) is 0 Å².